The van der Waals surface area contributed by atoms with E-state index in [1.54, 1.807) is 18.5 Å². The van der Waals surface area contributed by atoms with Gasteiger partial charge in [0.2, 0.25) is 5.88 Å². The summed E-state index contributed by atoms with van der Waals surface area (Å²) in [5.74, 6) is 0.696. The number of carbonyl (C=O) groups is 1. The predicted molar refractivity (Wildman–Crippen MR) is 112 cm³/mol. The highest BCUT2D eigenvalue weighted by atomic mass is 35.5. The van der Waals surface area contributed by atoms with Crippen LogP contribution in [0.15, 0.2) is 48.9 Å². The van der Waals surface area contributed by atoms with E-state index in [-0.39, 0.29) is 35.6 Å². The first-order chi connectivity index (χ1) is 15.3. The summed E-state index contributed by atoms with van der Waals surface area (Å²) in [6, 6.07) is 5.60. The van der Waals surface area contributed by atoms with Gasteiger partial charge in [-0.3, -0.25) is 9.88 Å². The Kier molecular flexibility index (Phi) is 5.99. The summed E-state index contributed by atoms with van der Waals surface area (Å²) in [7, 11) is 0. The molecule has 4 rings (SSSR count). The topological polar surface area (TPSA) is 92.3 Å². The van der Waals surface area contributed by atoms with Crippen LogP contribution in [0.2, 0.25) is 5.02 Å². The second-order valence-corrected chi connectivity index (χ2v) is 7.14. The summed E-state index contributed by atoms with van der Waals surface area (Å²) < 4.78 is 44.7. The maximum absolute atomic E-state index is 13.0. The van der Waals surface area contributed by atoms with E-state index in [4.69, 9.17) is 16.3 Å². The lowest BCUT2D eigenvalue weighted by molar-refractivity contribution is -0.137. The number of urea groups is 1. The zero-order chi connectivity index (χ0) is 22.7. The van der Waals surface area contributed by atoms with E-state index < -0.39 is 17.8 Å². The Bertz CT molecular complexity index is 1130. The van der Waals surface area contributed by atoms with E-state index in [1.807, 2.05) is 6.07 Å². The molecule has 0 fully saturated rings. The number of alkyl halides is 3. The van der Waals surface area contributed by atoms with Crippen LogP contribution in [0.25, 0.3) is 0 Å². The first kappa shape index (κ1) is 21.6. The van der Waals surface area contributed by atoms with Crippen LogP contribution >= 0.6 is 11.6 Å². The number of pyridine rings is 1. The molecule has 0 saturated heterocycles. The van der Waals surface area contributed by atoms with Crippen molar-refractivity contribution < 1.29 is 22.7 Å². The smallest absolute Gasteiger partial charge is 0.416 e. The summed E-state index contributed by atoms with van der Waals surface area (Å²) >= 11 is 5.99. The molecule has 0 unspecified atom stereocenters. The molecule has 1 aliphatic rings. The van der Waals surface area contributed by atoms with E-state index in [9.17, 15) is 18.0 Å². The largest absolute Gasteiger partial charge is 0.472 e. The summed E-state index contributed by atoms with van der Waals surface area (Å²) in [5, 5.41) is 5.41. The predicted octanol–water partition coefficient (Wildman–Crippen LogP) is 4.59. The zero-order valence-corrected chi connectivity index (χ0v) is 17.1. The Morgan fingerprint density at radius 3 is 2.88 bits per heavy atom. The fraction of sp³-hybridized carbons (Fsp3) is 0.200. The number of benzene rings is 1. The highest BCUT2D eigenvalue weighted by Gasteiger charge is 2.32. The van der Waals surface area contributed by atoms with Crippen LogP contribution in [-0.2, 0) is 12.8 Å². The molecule has 0 bridgehead atoms. The highest BCUT2D eigenvalue weighted by Crippen LogP contribution is 2.34. The lowest BCUT2D eigenvalue weighted by Gasteiger charge is -2.28. The normalized spacial score (nSPS) is 13.2. The van der Waals surface area contributed by atoms with Crippen LogP contribution in [0.1, 0.15) is 11.1 Å². The molecular weight excluding hydrogens is 449 g/mol. The molecule has 0 spiro atoms. The van der Waals surface area contributed by atoms with Gasteiger partial charge in [-0.2, -0.15) is 18.2 Å². The van der Waals surface area contributed by atoms with Gasteiger partial charge in [0.15, 0.2) is 11.6 Å². The number of hydrogen-bond acceptors (Lipinski definition) is 6. The molecule has 32 heavy (non-hydrogen) atoms. The average Bonchev–Trinajstić information content (AvgIpc) is 2.78. The Labute approximate surface area is 185 Å². The fourth-order valence-corrected chi connectivity index (χ4v) is 3.12. The molecule has 0 atom stereocenters. The van der Waals surface area contributed by atoms with Crippen LogP contribution in [-0.4, -0.2) is 34.1 Å². The highest BCUT2D eigenvalue weighted by molar-refractivity contribution is 6.33. The standard InChI is InChI=1S/C20H16ClF3N6O2/c21-14-4-3-13(20(22,23)24)8-15(14)28-19(31)30-7-6-26-17-18(30)29-16(10-27-17)32-11-12-2-1-5-25-9-12/h1-5,8-10H,6-7,11H2,(H,26,27)(H,28,31). The molecule has 166 valence electrons. The maximum atomic E-state index is 13.0. The van der Waals surface area contributed by atoms with E-state index >= 15 is 0 Å². The first-order valence-electron chi connectivity index (χ1n) is 9.39. The monoisotopic (exact) mass is 464 g/mol. The van der Waals surface area contributed by atoms with E-state index in [1.165, 1.54) is 11.1 Å². The van der Waals surface area contributed by atoms with E-state index in [2.05, 4.69) is 25.6 Å². The second kappa shape index (κ2) is 8.87. The van der Waals surface area contributed by atoms with Crippen molar-refractivity contribution in [3.8, 4) is 5.88 Å². The third-order valence-electron chi connectivity index (χ3n) is 4.51. The Morgan fingerprint density at radius 1 is 1.28 bits per heavy atom. The number of nitrogens with one attached hydrogen (secondary N) is 2. The van der Waals surface area contributed by atoms with Gasteiger partial charge in [-0.1, -0.05) is 17.7 Å². The molecule has 2 aromatic heterocycles. The molecule has 1 aromatic carbocycles. The fourth-order valence-electron chi connectivity index (χ4n) is 2.96. The molecule has 0 radical (unpaired) electrons. The van der Waals surface area contributed by atoms with Crippen molar-refractivity contribution in [2.45, 2.75) is 12.8 Å². The number of aromatic nitrogens is 3. The van der Waals surface area contributed by atoms with Gasteiger partial charge in [0.1, 0.15) is 6.61 Å². The molecular formula is C20H16ClF3N6O2. The molecule has 2 N–H and O–H groups in total. The summed E-state index contributed by atoms with van der Waals surface area (Å²) in [4.78, 5) is 26.7. The lowest BCUT2D eigenvalue weighted by Crippen LogP contribution is -2.42. The molecule has 3 aromatic rings. The van der Waals surface area contributed by atoms with Gasteiger partial charge >= 0.3 is 12.2 Å². The number of carbonyl (C=O) groups excluding carboxylic acids is 1. The molecule has 1 aliphatic heterocycles. The molecule has 0 aliphatic carbocycles. The van der Waals surface area contributed by atoms with Gasteiger partial charge in [-0.15, -0.1) is 0 Å². The summed E-state index contributed by atoms with van der Waals surface area (Å²) in [6.45, 7) is 0.776. The number of anilines is 3. The molecule has 12 heteroatoms. The second-order valence-electron chi connectivity index (χ2n) is 6.73. The SMILES string of the molecule is O=C(Nc1cc(C(F)(F)F)ccc1Cl)N1CCNc2ncc(OCc3cccnc3)nc21. The Balaban J connectivity index is 1.54. The van der Waals surface area contributed by atoms with Crippen molar-refractivity contribution in [3.05, 3.63) is 65.1 Å². The number of ether oxygens (including phenoxy) is 1. The average molecular weight is 465 g/mol. The van der Waals surface area contributed by atoms with Gasteiger partial charge in [0.05, 0.1) is 22.5 Å². The van der Waals surface area contributed by atoms with Crippen molar-refractivity contribution in [2.75, 3.05) is 28.6 Å². The number of halogens is 4. The third kappa shape index (κ3) is 4.83. The van der Waals surface area contributed by atoms with Crippen LogP contribution in [0.3, 0.4) is 0 Å². The van der Waals surface area contributed by atoms with Gasteiger partial charge in [0, 0.05) is 31.0 Å². The minimum atomic E-state index is -4.57. The number of hydrogen-bond donors (Lipinski definition) is 2. The minimum absolute atomic E-state index is 0.0265. The van der Waals surface area contributed by atoms with Crippen LogP contribution in [0.4, 0.5) is 35.3 Å². The van der Waals surface area contributed by atoms with Gasteiger partial charge in [-0.05, 0) is 24.3 Å². The number of rotatable bonds is 4. The Hall–Kier alpha value is -3.60. The Morgan fingerprint density at radius 2 is 2.12 bits per heavy atom. The van der Waals surface area contributed by atoms with Gasteiger partial charge < -0.3 is 15.4 Å². The van der Waals surface area contributed by atoms with Crippen molar-refractivity contribution in [1.82, 2.24) is 15.0 Å². The third-order valence-corrected chi connectivity index (χ3v) is 4.84. The molecule has 0 saturated carbocycles. The van der Waals surface area contributed by atoms with E-state index in [0.29, 0.717) is 12.4 Å². The van der Waals surface area contributed by atoms with Crippen molar-refractivity contribution in [1.29, 1.82) is 0 Å². The summed E-state index contributed by atoms with van der Waals surface area (Å²) in [5.41, 5.74) is -0.272. The lowest BCUT2D eigenvalue weighted by atomic mass is 10.2. The van der Waals surface area contributed by atoms with Crippen molar-refractivity contribution in [2.24, 2.45) is 0 Å². The van der Waals surface area contributed by atoms with Crippen LogP contribution in [0.5, 0.6) is 5.88 Å². The quantitative estimate of drug-likeness (QED) is 0.587. The minimum Gasteiger partial charge on any atom is -0.472 e. The maximum Gasteiger partial charge on any atom is 0.416 e. The first-order valence-corrected chi connectivity index (χ1v) is 9.77. The molecule has 3 heterocycles. The number of amides is 2. The molecule has 8 nitrogen and oxygen atoms in total. The molecule has 2 amide bonds. The van der Waals surface area contributed by atoms with Crippen molar-refractivity contribution >= 4 is 35.0 Å². The zero-order valence-electron chi connectivity index (χ0n) is 16.4. The van der Waals surface area contributed by atoms with Crippen molar-refractivity contribution in [3.63, 3.8) is 0 Å². The number of fused-ring (bicyclic) bond motifs is 1. The van der Waals surface area contributed by atoms with Crippen LogP contribution in [0, 0.1) is 0 Å². The van der Waals surface area contributed by atoms with Gasteiger partial charge in [0.25, 0.3) is 0 Å². The van der Waals surface area contributed by atoms with Crippen LogP contribution < -0.4 is 20.3 Å². The summed E-state index contributed by atoms with van der Waals surface area (Å²) in [6.07, 6.45) is 0.123. The van der Waals surface area contributed by atoms with E-state index in [0.717, 1.165) is 23.8 Å². The number of nitrogens with zero attached hydrogens (tertiary/aromatic N) is 4. The van der Waals surface area contributed by atoms with Gasteiger partial charge in [-0.25, -0.2) is 9.78 Å².